The predicted octanol–water partition coefficient (Wildman–Crippen LogP) is 6.11. The number of carbonyl (C=O) groups excluding carboxylic acids is 1. The zero-order chi connectivity index (χ0) is 25.7. The normalized spacial score (nSPS) is 11.9. The molecule has 4 rings (SSSR count). The smallest absolute Gasteiger partial charge is 0.260 e. The van der Waals surface area contributed by atoms with Gasteiger partial charge in [-0.2, -0.15) is 4.31 Å². The average molecular weight is 526 g/mol. The van der Waals surface area contributed by atoms with Crippen LogP contribution in [-0.4, -0.2) is 36.7 Å². The molecule has 2 heterocycles. The fourth-order valence-electron chi connectivity index (χ4n) is 4.10. The van der Waals surface area contributed by atoms with Gasteiger partial charge in [0, 0.05) is 18.7 Å². The van der Waals surface area contributed by atoms with Gasteiger partial charge in [0.05, 0.1) is 27.9 Å². The molecule has 0 fully saturated rings. The molecule has 0 saturated carbocycles. The number of amides is 1. The van der Waals surface area contributed by atoms with E-state index in [1.807, 2.05) is 38.1 Å². The SMILES string of the molecule is CCCN(CCC)S(=O)(=O)c1ccc(C(=O)N(Cc2ccco2)c2nc3c(CC)cccc3s2)cc1. The number of para-hydroxylation sites is 1. The van der Waals surface area contributed by atoms with Gasteiger partial charge in [-0.15, -0.1) is 0 Å². The standard InChI is InChI=1S/C27H31N3O4S2/c1-4-16-29(17-5-2)36(32,33)23-14-12-21(13-15-23)26(31)30(19-22-10-8-18-34-22)27-28-25-20(6-3)9-7-11-24(25)35-27/h7-15,18H,4-6,16-17,19H2,1-3H3. The number of furan rings is 1. The second-order valence-electron chi connectivity index (χ2n) is 8.51. The third-order valence-corrected chi connectivity index (χ3v) is 8.88. The van der Waals surface area contributed by atoms with Crippen LogP contribution in [0.3, 0.4) is 0 Å². The van der Waals surface area contributed by atoms with Crippen LogP contribution < -0.4 is 4.90 Å². The Morgan fingerprint density at radius 2 is 1.69 bits per heavy atom. The highest BCUT2D eigenvalue weighted by atomic mass is 32.2. The average Bonchev–Trinajstić information content (AvgIpc) is 3.56. The van der Waals surface area contributed by atoms with Crippen LogP contribution >= 0.6 is 11.3 Å². The van der Waals surface area contributed by atoms with Crippen LogP contribution in [0.5, 0.6) is 0 Å². The highest BCUT2D eigenvalue weighted by molar-refractivity contribution is 7.89. The number of rotatable bonds is 11. The molecule has 0 saturated heterocycles. The molecule has 36 heavy (non-hydrogen) atoms. The number of anilines is 1. The van der Waals surface area contributed by atoms with Gasteiger partial charge >= 0.3 is 0 Å². The van der Waals surface area contributed by atoms with Gasteiger partial charge in [0.25, 0.3) is 5.91 Å². The number of carbonyl (C=O) groups is 1. The first-order valence-electron chi connectivity index (χ1n) is 12.2. The van der Waals surface area contributed by atoms with Crippen molar-refractivity contribution in [3.63, 3.8) is 0 Å². The summed E-state index contributed by atoms with van der Waals surface area (Å²) in [5.74, 6) is 0.360. The first-order chi connectivity index (χ1) is 17.4. The Labute approximate surface area is 216 Å². The second kappa shape index (κ2) is 11.4. The lowest BCUT2D eigenvalue weighted by Crippen LogP contribution is -2.33. The summed E-state index contributed by atoms with van der Waals surface area (Å²) in [6, 6.07) is 15.8. The monoisotopic (exact) mass is 525 g/mol. The number of benzene rings is 2. The van der Waals surface area contributed by atoms with Gasteiger partial charge in [-0.3, -0.25) is 9.69 Å². The molecular weight excluding hydrogens is 494 g/mol. The number of sulfonamides is 1. The second-order valence-corrected chi connectivity index (χ2v) is 11.5. The van der Waals surface area contributed by atoms with Gasteiger partial charge in [-0.1, -0.05) is 44.2 Å². The molecule has 0 spiro atoms. The molecule has 0 bridgehead atoms. The van der Waals surface area contributed by atoms with Crippen LogP contribution in [0.4, 0.5) is 5.13 Å². The minimum absolute atomic E-state index is 0.186. The van der Waals surface area contributed by atoms with E-state index in [2.05, 4.69) is 6.92 Å². The van der Waals surface area contributed by atoms with Crippen molar-refractivity contribution in [3.8, 4) is 0 Å². The van der Waals surface area contributed by atoms with E-state index < -0.39 is 10.0 Å². The topological polar surface area (TPSA) is 83.7 Å². The Balaban J connectivity index is 1.68. The first kappa shape index (κ1) is 26.1. The first-order valence-corrected chi connectivity index (χ1v) is 14.5. The van der Waals surface area contributed by atoms with Gasteiger partial charge in [-0.25, -0.2) is 13.4 Å². The summed E-state index contributed by atoms with van der Waals surface area (Å²) in [5, 5.41) is 0.570. The zero-order valence-corrected chi connectivity index (χ0v) is 22.4. The molecule has 190 valence electrons. The number of nitrogens with zero attached hydrogens (tertiary/aromatic N) is 3. The van der Waals surface area contributed by atoms with Crippen molar-refractivity contribution in [2.75, 3.05) is 18.0 Å². The quantitative estimate of drug-likeness (QED) is 0.236. The Hall–Kier alpha value is -3.01. The van der Waals surface area contributed by atoms with Crippen molar-refractivity contribution in [2.24, 2.45) is 0 Å². The van der Waals surface area contributed by atoms with Gasteiger partial charge in [0.1, 0.15) is 5.76 Å². The molecule has 2 aromatic heterocycles. The fraction of sp³-hybridized carbons (Fsp3) is 0.333. The maximum absolute atomic E-state index is 13.7. The lowest BCUT2D eigenvalue weighted by Gasteiger charge is -2.21. The van der Waals surface area contributed by atoms with Gasteiger partial charge in [-0.05, 0) is 67.3 Å². The van der Waals surface area contributed by atoms with Crippen LogP contribution in [0, 0.1) is 0 Å². The van der Waals surface area contributed by atoms with Gasteiger partial charge in [0.15, 0.2) is 5.13 Å². The van der Waals surface area contributed by atoms with Gasteiger partial charge in [0.2, 0.25) is 10.0 Å². The fourth-order valence-corrected chi connectivity index (χ4v) is 6.74. The van der Waals surface area contributed by atoms with E-state index >= 15 is 0 Å². The molecule has 1 amide bonds. The van der Waals surface area contributed by atoms with Crippen molar-refractivity contribution in [1.29, 1.82) is 0 Å². The van der Waals surface area contributed by atoms with Crippen molar-refractivity contribution < 1.29 is 17.6 Å². The maximum atomic E-state index is 13.7. The van der Waals surface area contributed by atoms with Crippen LogP contribution in [0.2, 0.25) is 0 Å². The van der Waals surface area contributed by atoms with E-state index in [0.29, 0.717) is 29.5 Å². The van der Waals surface area contributed by atoms with E-state index in [0.717, 1.165) is 35.0 Å². The number of hydrogen-bond acceptors (Lipinski definition) is 6. The third-order valence-electron chi connectivity index (χ3n) is 5.93. The molecular formula is C27H31N3O4S2. The number of hydrogen-bond donors (Lipinski definition) is 0. The summed E-state index contributed by atoms with van der Waals surface area (Å²) in [7, 11) is -3.62. The third kappa shape index (κ3) is 5.38. The van der Waals surface area contributed by atoms with E-state index in [1.165, 1.54) is 27.8 Å². The minimum Gasteiger partial charge on any atom is -0.467 e. The maximum Gasteiger partial charge on any atom is 0.260 e. The Kier molecular flexibility index (Phi) is 8.23. The summed E-state index contributed by atoms with van der Waals surface area (Å²) in [5.41, 5.74) is 2.40. The Bertz CT molecular complexity index is 1410. The van der Waals surface area contributed by atoms with Crippen molar-refractivity contribution in [1.82, 2.24) is 9.29 Å². The molecule has 0 aliphatic carbocycles. The Morgan fingerprint density at radius 1 is 0.972 bits per heavy atom. The lowest BCUT2D eigenvalue weighted by atomic mass is 10.1. The molecule has 0 radical (unpaired) electrons. The van der Waals surface area contributed by atoms with Crippen LogP contribution in [0.1, 0.15) is 55.3 Å². The van der Waals surface area contributed by atoms with Crippen LogP contribution in [-0.2, 0) is 23.0 Å². The summed E-state index contributed by atoms with van der Waals surface area (Å²) < 4.78 is 34.3. The van der Waals surface area contributed by atoms with Crippen molar-refractivity contribution in [2.45, 2.75) is 51.5 Å². The van der Waals surface area contributed by atoms with Crippen LogP contribution in [0.25, 0.3) is 10.2 Å². The molecule has 0 N–H and O–H groups in total. The number of thiazole rings is 1. The number of aromatic nitrogens is 1. The van der Waals surface area contributed by atoms with E-state index in [1.54, 1.807) is 29.4 Å². The molecule has 0 aliphatic rings. The molecule has 4 aromatic rings. The highest BCUT2D eigenvalue weighted by Crippen LogP contribution is 2.33. The van der Waals surface area contributed by atoms with Crippen molar-refractivity contribution >= 4 is 42.6 Å². The van der Waals surface area contributed by atoms with Crippen LogP contribution in [0.15, 0.2) is 70.2 Å². The summed E-state index contributed by atoms with van der Waals surface area (Å²) in [6.07, 6.45) is 3.89. The van der Waals surface area contributed by atoms with Crippen molar-refractivity contribution in [3.05, 3.63) is 77.7 Å². The molecule has 2 aromatic carbocycles. The number of fused-ring (bicyclic) bond motifs is 1. The summed E-state index contributed by atoms with van der Waals surface area (Å²) in [4.78, 5) is 20.3. The molecule has 0 unspecified atom stereocenters. The number of aryl methyl sites for hydroxylation is 1. The summed E-state index contributed by atoms with van der Waals surface area (Å²) >= 11 is 1.45. The molecule has 0 atom stereocenters. The Morgan fingerprint density at radius 3 is 2.31 bits per heavy atom. The van der Waals surface area contributed by atoms with E-state index in [9.17, 15) is 13.2 Å². The molecule has 7 nitrogen and oxygen atoms in total. The zero-order valence-electron chi connectivity index (χ0n) is 20.8. The van der Waals surface area contributed by atoms with Gasteiger partial charge < -0.3 is 4.42 Å². The van der Waals surface area contributed by atoms with E-state index in [-0.39, 0.29) is 17.3 Å². The van der Waals surface area contributed by atoms with E-state index in [4.69, 9.17) is 9.40 Å². The molecule has 0 aliphatic heterocycles. The minimum atomic E-state index is -3.62. The lowest BCUT2D eigenvalue weighted by molar-refractivity contribution is 0.0983. The summed E-state index contributed by atoms with van der Waals surface area (Å²) in [6.45, 7) is 7.14. The predicted molar refractivity (Wildman–Crippen MR) is 144 cm³/mol. The molecule has 9 heteroatoms. The largest absolute Gasteiger partial charge is 0.467 e. The highest BCUT2D eigenvalue weighted by Gasteiger charge is 2.26.